The molecule has 29 heavy (non-hydrogen) atoms. The predicted molar refractivity (Wildman–Crippen MR) is 120 cm³/mol. The molecule has 0 aliphatic heterocycles. The minimum atomic E-state index is 0.199. The first-order valence-corrected chi connectivity index (χ1v) is 10.8. The molecule has 0 saturated heterocycles. The molecule has 0 radical (unpaired) electrons. The Morgan fingerprint density at radius 3 is 2.55 bits per heavy atom. The summed E-state index contributed by atoms with van der Waals surface area (Å²) >= 11 is 0. The number of aliphatic hydroxyl groups is 1. The molecule has 1 N–H and O–H groups in total. The first-order chi connectivity index (χ1) is 14.0. The van der Waals surface area contributed by atoms with Gasteiger partial charge in [0, 0.05) is 19.6 Å². The van der Waals surface area contributed by atoms with Gasteiger partial charge in [0.2, 0.25) is 0 Å². The molecule has 0 bridgehead atoms. The molecule has 4 heteroatoms. The van der Waals surface area contributed by atoms with Gasteiger partial charge in [-0.25, -0.2) is 4.98 Å². The van der Waals surface area contributed by atoms with Crippen LogP contribution in [-0.2, 0) is 13.0 Å². The third-order valence-electron chi connectivity index (χ3n) is 5.58. The lowest BCUT2D eigenvalue weighted by molar-refractivity contribution is 0.286. The van der Waals surface area contributed by atoms with Gasteiger partial charge in [0.05, 0.1) is 17.6 Å². The summed E-state index contributed by atoms with van der Waals surface area (Å²) in [6.07, 6.45) is 3.59. The summed E-state index contributed by atoms with van der Waals surface area (Å²) in [5, 5.41) is 9.24. The summed E-state index contributed by atoms with van der Waals surface area (Å²) in [7, 11) is 0. The monoisotopic (exact) mass is 394 g/mol. The zero-order chi connectivity index (χ0) is 20.8. The summed E-state index contributed by atoms with van der Waals surface area (Å²) in [5.41, 5.74) is 6.09. The van der Waals surface area contributed by atoms with Crippen molar-refractivity contribution < 1.29 is 9.84 Å². The molecule has 0 atom stereocenters. The molecule has 0 spiro atoms. The summed E-state index contributed by atoms with van der Waals surface area (Å²) in [6.45, 7) is 10.5. The van der Waals surface area contributed by atoms with Gasteiger partial charge in [-0.3, -0.25) is 0 Å². The Kier molecular flexibility index (Phi) is 7.32. The number of hydrogen-bond acceptors (Lipinski definition) is 3. The van der Waals surface area contributed by atoms with Crippen molar-refractivity contribution in [2.45, 2.75) is 65.8 Å². The molecule has 0 aliphatic rings. The number of hydrogen-bond donors (Lipinski definition) is 1. The Hall–Kier alpha value is -2.33. The minimum Gasteiger partial charge on any atom is -0.493 e. The number of benzene rings is 2. The van der Waals surface area contributed by atoms with Crippen molar-refractivity contribution in [2.24, 2.45) is 0 Å². The summed E-state index contributed by atoms with van der Waals surface area (Å²) in [6, 6.07) is 12.7. The number of ether oxygens (including phenoxy) is 1. The van der Waals surface area contributed by atoms with Crippen molar-refractivity contribution in [2.75, 3.05) is 13.2 Å². The van der Waals surface area contributed by atoms with Gasteiger partial charge in [-0.2, -0.15) is 0 Å². The lowest BCUT2D eigenvalue weighted by Crippen LogP contribution is -2.07. The fourth-order valence-corrected chi connectivity index (χ4v) is 3.75. The summed E-state index contributed by atoms with van der Waals surface area (Å²) in [5.74, 6) is 2.54. The standard InChI is InChI=1S/C25H34N2O2/c1-18(2)21-10-5-6-11-24(21)29-15-8-7-13-27-23-17-20(4)19(3)16-22(23)26-25(27)12-9-14-28/h5-6,10-11,16-18,28H,7-9,12-15H2,1-4H3. The van der Waals surface area contributed by atoms with E-state index in [2.05, 4.69) is 62.6 Å². The fraction of sp³-hybridized carbons (Fsp3) is 0.480. The molecule has 2 aromatic carbocycles. The first-order valence-electron chi connectivity index (χ1n) is 10.8. The number of rotatable bonds is 10. The average Bonchev–Trinajstić information content (AvgIpc) is 3.03. The van der Waals surface area contributed by atoms with E-state index in [0.29, 0.717) is 5.92 Å². The fourth-order valence-electron chi connectivity index (χ4n) is 3.75. The van der Waals surface area contributed by atoms with Gasteiger partial charge in [-0.1, -0.05) is 32.0 Å². The highest BCUT2D eigenvalue weighted by atomic mass is 16.5. The molecule has 4 nitrogen and oxygen atoms in total. The van der Waals surface area contributed by atoms with Crippen molar-refractivity contribution in [3.8, 4) is 5.75 Å². The number of unbranched alkanes of at least 4 members (excludes halogenated alkanes) is 1. The molecule has 0 aliphatic carbocycles. The van der Waals surface area contributed by atoms with E-state index >= 15 is 0 Å². The molecule has 156 valence electrons. The minimum absolute atomic E-state index is 0.199. The van der Waals surface area contributed by atoms with Crippen molar-refractivity contribution in [3.63, 3.8) is 0 Å². The molecule has 0 unspecified atom stereocenters. The molecule has 3 aromatic rings. The normalized spacial score (nSPS) is 11.5. The number of para-hydroxylation sites is 1. The van der Waals surface area contributed by atoms with Gasteiger partial charge >= 0.3 is 0 Å². The van der Waals surface area contributed by atoms with Crippen LogP contribution in [0.2, 0.25) is 0 Å². The highest BCUT2D eigenvalue weighted by Crippen LogP contribution is 2.26. The van der Waals surface area contributed by atoms with Crippen LogP contribution in [0.25, 0.3) is 11.0 Å². The zero-order valence-corrected chi connectivity index (χ0v) is 18.2. The molecule has 0 amide bonds. The highest BCUT2D eigenvalue weighted by Gasteiger charge is 2.12. The Bertz CT molecular complexity index is 943. The molecular formula is C25H34N2O2. The van der Waals surface area contributed by atoms with Crippen LogP contribution in [0.15, 0.2) is 36.4 Å². The predicted octanol–water partition coefficient (Wildman–Crippen LogP) is 5.56. The molecular weight excluding hydrogens is 360 g/mol. The second-order valence-electron chi connectivity index (χ2n) is 8.18. The summed E-state index contributed by atoms with van der Waals surface area (Å²) in [4.78, 5) is 4.85. The number of aromatic nitrogens is 2. The largest absolute Gasteiger partial charge is 0.493 e. The van der Waals surface area contributed by atoms with Crippen molar-refractivity contribution in [1.29, 1.82) is 0 Å². The second kappa shape index (κ2) is 9.93. The molecule has 0 saturated carbocycles. The van der Waals surface area contributed by atoms with E-state index in [9.17, 15) is 5.11 Å². The number of nitrogens with zero attached hydrogens (tertiary/aromatic N) is 2. The SMILES string of the molecule is Cc1cc2nc(CCCO)n(CCCCOc3ccccc3C(C)C)c2cc1C. The van der Waals surface area contributed by atoms with Gasteiger partial charge < -0.3 is 14.4 Å². The molecule has 1 heterocycles. The maximum absolute atomic E-state index is 9.24. The third-order valence-corrected chi connectivity index (χ3v) is 5.58. The smallest absolute Gasteiger partial charge is 0.122 e. The van der Waals surface area contributed by atoms with Crippen LogP contribution in [0.1, 0.15) is 61.5 Å². The maximum Gasteiger partial charge on any atom is 0.122 e. The van der Waals surface area contributed by atoms with Crippen LogP contribution in [0.5, 0.6) is 5.75 Å². The van der Waals surface area contributed by atoms with Gasteiger partial charge in [-0.15, -0.1) is 0 Å². The summed E-state index contributed by atoms with van der Waals surface area (Å²) < 4.78 is 8.41. The maximum atomic E-state index is 9.24. The first kappa shape index (κ1) is 21.4. The van der Waals surface area contributed by atoms with E-state index in [1.807, 2.05) is 6.07 Å². The van der Waals surface area contributed by atoms with E-state index < -0.39 is 0 Å². The number of aryl methyl sites for hydroxylation is 4. The van der Waals surface area contributed by atoms with Crippen LogP contribution in [0, 0.1) is 13.8 Å². The highest BCUT2D eigenvalue weighted by molar-refractivity contribution is 5.78. The Morgan fingerprint density at radius 2 is 1.79 bits per heavy atom. The lowest BCUT2D eigenvalue weighted by atomic mass is 10.0. The average molecular weight is 395 g/mol. The molecule has 0 fully saturated rings. The van der Waals surface area contributed by atoms with Gasteiger partial charge in [0.1, 0.15) is 11.6 Å². The zero-order valence-electron chi connectivity index (χ0n) is 18.2. The topological polar surface area (TPSA) is 47.3 Å². The van der Waals surface area contributed by atoms with Gasteiger partial charge in [0.15, 0.2) is 0 Å². The van der Waals surface area contributed by atoms with Crippen LogP contribution in [-0.4, -0.2) is 27.9 Å². The number of aliphatic hydroxyl groups excluding tert-OH is 1. The van der Waals surface area contributed by atoms with E-state index in [1.54, 1.807) is 0 Å². The van der Waals surface area contributed by atoms with Crippen LogP contribution < -0.4 is 4.74 Å². The van der Waals surface area contributed by atoms with E-state index in [4.69, 9.17) is 9.72 Å². The van der Waals surface area contributed by atoms with Crippen molar-refractivity contribution in [3.05, 3.63) is 58.9 Å². The van der Waals surface area contributed by atoms with Crippen LogP contribution in [0.3, 0.4) is 0 Å². The van der Waals surface area contributed by atoms with Crippen molar-refractivity contribution in [1.82, 2.24) is 9.55 Å². The Labute approximate surface area is 174 Å². The van der Waals surface area contributed by atoms with E-state index in [1.165, 1.54) is 22.2 Å². The Balaban J connectivity index is 1.65. The number of imidazole rings is 1. The van der Waals surface area contributed by atoms with Crippen LogP contribution in [0.4, 0.5) is 0 Å². The van der Waals surface area contributed by atoms with Gasteiger partial charge in [-0.05, 0) is 73.9 Å². The van der Waals surface area contributed by atoms with Crippen molar-refractivity contribution >= 4 is 11.0 Å². The number of fused-ring (bicyclic) bond motifs is 1. The van der Waals surface area contributed by atoms with Gasteiger partial charge in [0.25, 0.3) is 0 Å². The third kappa shape index (κ3) is 5.18. The second-order valence-corrected chi connectivity index (χ2v) is 8.18. The quantitative estimate of drug-likeness (QED) is 0.458. The van der Waals surface area contributed by atoms with Crippen LogP contribution >= 0.6 is 0 Å². The molecule has 1 aromatic heterocycles. The van der Waals surface area contributed by atoms with E-state index in [-0.39, 0.29) is 6.61 Å². The molecule has 3 rings (SSSR count). The lowest BCUT2D eigenvalue weighted by Gasteiger charge is -2.14. The Morgan fingerprint density at radius 1 is 1.03 bits per heavy atom. The van der Waals surface area contributed by atoms with E-state index in [0.717, 1.165) is 55.9 Å².